The Morgan fingerprint density at radius 2 is 1.12 bits per heavy atom. The van der Waals surface area contributed by atoms with E-state index in [2.05, 4.69) is 46.1 Å². The van der Waals surface area contributed by atoms with E-state index in [-0.39, 0.29) is 46.5 Å². The summed E-state index contributed by atoms with van der Waals surface area (Å²) in [6, 6.07) is 7.88. The summed E-state index contributed by atoms with van der Waals surface area (Å²) in [6.07, 6.45) is 22.0. The van der Waals surface area contributed by atoms with Crippen molar-refractivity contribution in [3.05, 3.63) is 81.1 Å². The van der Waals surface area contributed by atoms with Gasteiger partial charge in [0, 0.05) is 60.7 Å². The predicted molar refractivity (Wildman–Crippen MR) is 250 cm³/mol. The van der Waals surface area contributed by atoms with Crippen LogP contribution in [0.15, 0.2) is 58.9 Å². The number of fused-ring (bicyclic) bond motifs is 2. The number of pyridine rings is 2. The van der Waals surface area contributed by atoms with Crippen molar-refractivity contribution >= 4 is 51.4 Å². The lowest BCUT2D eigenvalue weighted by Crippen LogP contribution is -2.42. The van der Waals surface area contributed by atoms with E-state index in [1.54, 1.807) is 51.0 Å². The molecule has 2 aliphatic heterocycles. The average Bonchev–Trinajstić information content (AvgIpc) is 4.19. The monoisotopic (exact) mass is 908 g/mol. The Morgan fingerprint density at radius 3 is 1.55 bits per heavy atom. The van der Waals surface area contributed by atoms with Crippen molar-refractivity contribution in [1.29, 1.82) is 10.5 Å². The second-order valence-electron chi connectivity index (χ2n) is 18.9. The van der Waals surface area contributed by atoms with Crippen molar-refractivity contribution in [2.75, 3.05) is 36.8 Å². The van der Waals surface area contributed by atoms with E-state index in [1.165, 1.54) is 0 Å². The first kappa shape index (κ1) is 45.0. The summed E-state index contributed by atoms with van der Waals surface area (Å²) in [5.74, 6) is 0.783. The summed E-state index contributed by atoms with van der Waals surface area (Å²) in [6.45, 7) is 8.83. The zero-order chi connectivity index (χ0) is 46.7. The molecule has 67 heavy (non-hydrogen) atoms. The third-order valence-electron chi connectivity index (χ3n) is 13.1. The Bertz CT molecular complexity index is 2960. The molecule has 1 amide bonds. The molecular formula is C47H56N16O4. The standard InChI is InChI=1S/C26H32N8O3.C21H24N8O/c1-26(2,3)37-25(36)32-10-8-20(9-11-32)33-16-19(15-29-33)30-24-28-14-18-12-17(13-27)23(35)34(22(18)31-24)21-6-4-5-7-21;22-10-14-9-15-11-24-21(27-19(15)29(20(14)30)18-3-1-2-4-18)26-16-12-25-28(13-16)17-5-7-23-8-6-17/h12,14-16,20-21H,4-11H2,1-3H3,(H,28,30,31);9,11-13,17-18,23H,1-8H2,(H,24,26,27). The Morgan fingerprint density at radius 1 is 0.672 bits per heavy atom. The van der Waals surface area contributed by atoms with Crippen molar-refractivity contribution in [3.8, 4) is 12.1 Å². The molecule has 0 unspecified atom stereocenters. The maximum Gasteiger partial charge on any atom is 0.410 e. The number of ether oxygens (including phenoxy) is 1. The summed E-state index contributed by atoms with van der Waals surface area (Å²) in [7, 11) is 0. The van der Waals surface area contributed by atoms with Crippen molar-refractivity contribution in [2.45, 2.75) is 128 Å². The highest BCUT2D eigenvalue weighted by atomic mass is 16.6. The van der Waals surface area contributed by atoms with Gasteiger partial charge in [-0.2, -0.15) is 30.7 Å². The van der Waals surface area contributed by atoms with Crippen molar-refractivity contribution in [3.63, 3.8) is 0 Å². The van der Waals surface area contributed by atoms with Gasteiger partial charge in [-0.05, 0) is 97.4 Å². The third kappa shape index (κ3) is 9.99. The van der Waals surface area contributed by atoms with Crippen LogP contribution >= 0.6 is 0 Å². The lowest BCUT2D eigenvalue weighted by molar-refractivity contribution is 0.0184. The molecule has 6 aromatic heterocycles. The number of nitrogens with zero attached hydrogens (tertiary/aromatic N) is 13. The number of amides is 1. The fraction of sp³-hybridized carbons (Fsp3) is 0.511. The number of nitrogens with one attached hydrogen (secondary N) is 3. The Balaban J connectivity index is 0.000000171. The second-order valence-corrected chi connectivity index (χ2v) is 18.9. The molecule has 0 aromatic carbocycles. The number of piperidine rings is 2. The van der Waals surface area contributed by atoms with Gasteiger partial charge in [0.15, 0.2) is 0 Å². The zero-order valence-corrected chi connectivity index (χ0v) is 38.2. The first-order chi connectivity index (χ1) is 32.4. The molecule has 6 aromatic rings. The summed E-state index contributed by atoms with van der Waals surface area (Å²) in [5, 5.41) is 39.0. The SMILES string of the molecule is CC(C)(C)OC(=O)N1CCC(n2cc(Nc3ncc4cc(C#N)c(=O)n(C5CCCC5)c4n3)cn2)CC1.N#Cc1cc2cnc(Nc3cnn(C4CCNCC4)c3)nc2n(C2CCCC2)c1=O. The van der Waals surface area contributed by atoms with Gasteiger partial charge in [-0.1, -0.05) is 25.7 Å². The van der Waals surface area contributed by atoms with Gasteiger partial charge >= 0.3 is 6.09 Å². The molecule has 20 heteroatoms. The molecule has 0 atom stereocenters. The number of likely N-dealkylation sites (tertiary alicyclic amines) is 1. The van der Waals surface area contributed by atoms with Gasteiger partial charge < -0.3 is 25.6 Å². The summed E-state index contributed by atoms with van der Waals surface area (Å²) in [4.78, 5) is 58.1. The molecule has 2 aliphatic carbocycles. The van der Waals surface area contributed by atoms with Crippen LogP contribution in [0.3, 0.4) is 0 Å². The van der Waals surface area contributed by atoms with Gasteiger partial charge in [0.05, 0.1) is 35.9 Å². The van der Waals surface area contributed by atoms with E-state index >= 15 is 0 Å². The minimum Gasteiger partial charge on any atom is -0.444 e. The molecule has 8 heterocycles. The molecular weight excluding hydrogens is 853 g/mol. The highest BCUT2D eigenvalue weighted by molar-refractivity contribution is 5.78. The van der Waals surface area contributed by atoms with E-state index < -0.39 is 5.60 Å². The molecule has 0 bridgehead atoms. The number of rotatable bonds is 8. The lowest BCUT2D eigenvalue weighted by Gasteiger charge is -2.33. The van der Waals surface area contributed by atoms with Gasteiger partial charge in [-0.15, -0.1) is 0 Å². The Hall–Kier alpha value is -7.19. The maximum atomic E-state index is 13.0. The molecule has 4 aliphatic rings. The quantitative estimate of drug-likeness (QED) is 0.140. The van der Waals surface area contributed by atoms with Crippen molar-refractivity contribution < 1.29 is 9.53 Å². The molecule has 2 saturated carbocycles. The summed E-state index contributed by atoms with van der Waals surface area (Å²) < 4.78 is 12.8. The van der Waals surface area contributed by atoms with Gasteiger partial charge in [0.1, 0.15) is 40.2 Å². The smallest absolute Gasteiger partial charge is 0.410 e. The molecule has 348 valence electrons. The molecule has 2 saturated heterocycles. The molecule has 0 radical (unpaired) electrons. The van der Waals surface area contributed by atoms with Gasteiger partial charge in [0.2, 0.25) is 11.9 Å². The molecule has 0 spiro atoms. The minimum absolute atomic E-state index is 0.0420. The van der Waals surface area contributed by atoms with Crippen LogP contribution in [0.4, 0.5) is 28.1 Å². The normalized spacial score (nSPS) is 17.5. The van der Waals surface area contributed by atoms with E-state index in [0.717, 1.165) is 102 Å². The van der Waals surface area contributed by atoms with Crippen LogP contribution in [-0.4, -0.2) is 91.4 Å². The van der Waals surface area contributed by atoms with Crippen molar-refractivity contribution in [1.82, 2.24) is 58.8 Å². The number of carbonyl (C=O) groups excluding carboxylic acids is 1. The Kier molecular flexibility index (Phi) is 13.0. The highest BCUT2D eigenvalue weighted by Crippen LogP contribution is 2.33. The minimum atomic E-state index is -0.509. The summed E-state index contributed by atoms with van der Waals surface area (Å²) in [5.41, 5.74) is 1.85. The number of carbonyl (C=O) groups is 1. The van der Waals surface area contributed by atoms with Crippen LogP contribution in [0, 0.1) is 22.7 Å². The van der Waals surface area contributed by atoms with E-state index in [9.17, 15) is 24.9 Å². The fourth-order valence-electron chi connectivity index (χ4n) is 9.70. The van der Waals surface area contributed by atoms with Crippen LogP contribution < -0.4 is 27.1 Å². The first-order valence-electron chi connectivity index (χ1n) is 23.4. The number of hydrogen-bond acceptors (Lipinski definition) is 15. The lowest BCUT2D eigenvalue weighted by atomic mass is 10.1. The molecule has 10 rings (SSSR count). The van der Waals surface area contributed by atoms with Crippen LogP contribution in [0.25, 0.3) is 22.1 Å². The van der Waals surface area contributed by atoms with Gasteiger partial charge in [0.25, 0.3) is 11.1 Å². The third-order valence-corrected chi connectivity index (χ3v) is 13.1. The van der Waals surface area contributed by atoms with E-state index in [0.29, 0.717) is 53.1 Å². The topological polar surface area (TPSA) is 244 Å². The van der Waals surface area contributed by atoms with Crippen molar-refractivity contribution in [2.24, 2.45) is 0 Å². The molecule has 3 N–H and O–H groups in total. The Labute approximate surface area is 387 Å². The molecule has 20 nitrogen and oxygen atoms in total. The number of aromatic nitrogens is 10. The number of anilines is 4. The molecule has 4 fully saturated rings. The number of nitriles is 2. The zero-order valence-electron chi connectivity index (χ0n) is 38.2. The van der Waals surface area contributed by atoms with Crippen LogP contribution in [0.5, 0.6) is 0 Å². The maximum absolute atomic E-state index is 13.0. The van der Waals surface area contributed by atoms with Gasteiger partial charge in [-0.25, -0.2) is 14.8 Å². The van der Waals surface area contributed by atoms with Gasteiger partial charge in [-0.3, -0.25) is 28.1 Å². The second kappa shape index (κ2) is 19.3. The van der Waals surface area contributed by atoms with Crippen LogP contribution in [-0.2, 0) is 4.74 Å². The average molecular weight is 909 g/mol. The largest absolute Gasteiger partial charge is 0.444 e. The van der Waals surface area contributed by atoms with Crippen LogP contribution in [0.2, 0.25) is 0 Å². The summed E-state index contributed by atoms with van der Waals surface area (Å²) >= 11 is 0. The fourth-order valence-corrected chi connectivity index (χ4v) is 9.70. The van der Waals surface area contributed by atoms with E-state index in [1.807, 2.05) is 54.7 Å². The predicted octanol–water partition coefficient (Wildman–Crippen LogP) is 6.93. The highest BCUT2D eigenvalue weighted by Gasteiger charge is 2.29. The van der Waals surface area contributed by atoms with Crippen LogP contribution in [0.1, 0.15) is 133 Å². The first-order valence-corrected chi connectivity index (χ1v) is 23.4. The van der Waals surface area contributed by atoms with E-state index in [4.69, 9.17) is 4.74 Å². The number of hydrogen-bond donors (Lipinski definition) is 3.